The van der Waals surface area contributed by atoms with Gasteiger partial charge in [-0.15, -0.1) is 0 Å². The SMILES string of the molecule is Cn1ccc(CN2CCCC23CCN(C(=O)c2ccncc2)CC3)n1. The van der Waals surface area contributed by atoms with Crippen LogP contribution in [-0.4, -0.2) is 55.6 Å². The van der Waals surface area contributed by atoms with Gasteiger partial charge >= 0.3 is 0 Å². The lowest BCUT2D eigenvalue weighted by Crippen LogP contribution is -2.53. The Kier molecular flexibility index (Phi) is 4.29. The summed E-state index contributed by atoms with van der Waals surface area (Å²) in [6, 6.07) is 5.71. The van der Waals surface area contributed by atoms with Crippen molar-refractivity contribution >= 4 is 5.91 Å². The van der Waals surface area contributed by atoms with Crippen LogP contribution in [0.5, 0.6) is 0 Å². The van der Waals surface area contributed by atoms with Gasteiger partial charge in [0, 0.05) is 56.4 Å². The quantitative estimate of drug-likeness (QED) is 0.859. The number of nitrogens with zero attached hydrogens (tertiary/aromatic N) is 5. The third-order valence-corrected chi connectivity index (χ3v) is 5.77. The highest BCUT2D eigenvalue weighted by Crippen LogP contribution is 2.39. The van der Waals surface area contributed by atoms with Crippen molar-refractivity contribution < 1.29 is 4.79 Å². The Morgan fingerprint density at radius 2 is 1.88 bits per heavy atom. The second-order valence-electron chi connectivity index (χ2n) is 7.26. The number of carbonyl (C=O) groups is 1. The standard InChI is InChI=1S/C19H25N5O/c1-22-12-5-17(21-22)15-24-11-2-6-19(24)7-13-23(14-8-19)18(25)16-3-9-20-10-4-16/h3-5,9-10,12H,2,6-8,11,13-15H2,1H3. The number of amides is 1. The van der Waals surface area contributed by atoms with Crippen molar-refractivity contribution in [2.45, 2.75) is 37.8 Å². The molecule has 0 N–H and O–H groups in total. The predicted molar refractivity (Wildman–Crippen MR) is 95.0 cm³/mol. The van der Waals surface area contributed by atoms with E-state index in [1.807, 2.05) is 22.8 Å². The number of pyridine rings is 1. The van der Waals surface area contributed by atoms with Crippen molar-refractivity contribution in [2.24, 2.45) is 7.05 Å². The fraction of sp³-hybridized carbons (Fsp3) is 0.526. The molecule has 0 atom stereocenters. The zero-order valence-corrected chi connectivity index (χ0v) is 14.8. The van der Waals surface area contributed by atoms with Crippen LogP contribution in [0.25, 0.3) is 0 Å². The maximum atomic E-state index is 12.7. The van der Waals surface area contributed by atoms with Crippen LogP contribution < -0.4 is 0 Å². The highest BCUT2D eigenvalue weighted by Gasteiger charge is 2.43. The molecule has 2 aromatic heterocycles. The first kappa shape index (κ1) is 16.3. The van der Waals surface area contributed by atoms with Crippen molar-refractivity contribution in [3.8, 4) is 0 Å². The van der Waals surface area contributed by atoms with Gasteiger partial charge in [0.1, 0.15) is 0 Å². The summed E-state index contributed by atoms with van der Waals surface area (Å²) in [5.41, 5.74) is 2.12. The van der Waals surface area contributed by atoms with E-state index < -0.39 is 0 Å². The first-order chi connectivity index (χ1) is 12.2. The van der Waals surface area contributed by atoms with Crippen molar-refractivity contribution in [1.29, 1.82) is 0 Å². The molecule has 6 heteroatoms. The molecule has 0 bridgehead atoms. The van der Waals surface area contributed by atoms with Gasteiger partial charge in [-0.3, -0.25) is 19.4 Å². The van der Waals surface area contributed by atoms with Crippen LogP contribution in [0.2, 0.25) is 0 Å². The molecule has 2 fully saturated rings. The van der Waals surface area contributed by atoms with Crippen LogP contribution in [0, 0.1) is 0 Å². The molecule has 4 rings (SSSR count). The molecule has 0 aromatic carbocycles. The predicted octanol–water partition coefficient (Wildman–Crippen LogP) is 2.09. The van der Waals surface area contributed by atoms with Crippen LogP contribution in [0.3, 0.4) is 0 Å². The fourth-order valence-electron chi connectivity index (χ4n) is 4.35. The molecule has 0 saturated carbocycles. The lowest BCUT2D eigenvalue weighted by Gasteiger charge is -2.45. The third kappa shape index (κ3) is 3.18. The first-order valence-corrected chi connectivity index (χ1v) is 9.09. The number of hydrogen-bond donors (Lipinski definition) is 0. The lowest BCUT2D eigenvalue weighted by molar-refractivity contribution is 0.0378. The monoisotopic (exact) mass is 339 g/mol. The van der Waals surface area contributed by atoms with Crippen molar-refractivity contribution in [3.05, 3.63) is 48.0 Å². The van der Waals surface area contributed by atoms with Crippen LogP contribution in [0.4, 0.5) is 0 Å². The minimum absolute atomic E-state index is 0.131. The highest BCUT2D eigenvalue weighted by atomic mass is 16.2. The molecule has 0 unspecified atom stereocenters. The Bertz CT molecular complexity index is 733. The molecule has 4 heterocycles. The molecular formula is C19H25N5O. The first-order valence-electron chi connectivity index (χ1n) is 9.09. The molecule has 2 aliphatic heterocycles. The van der Waals surface area contributed by atoms with E-state index in [-0.39, 0.29) is 11.4 Å². The number of aryl methyl sites for hydroxylation is 1. The second kappa shape index (κ2) is 6.59. The van der Waals surface area contributed by atoms with E-state index in [0.29, 0.717) is 0 Å². The average Bonchev–Trinajstić information content (AvgIpc) is 3.23. The van der Waals surface area contributed by atoms with Gasteiger partial charge in [-0.2, -0.15) is 5.10 Å². The Morgan fingerprint density at radius 1 is 1.12 bits per heavy atom. The second-order valence-corrected chi connectivity index (χ2v) is 7.26. The molecular weight excluding hydrogens is 314 g/mol. The minimum atomic E-state index is 0.131. The molecule has 132 valence electrons. The van der Waals surface area contributed by atoms with E-state index >= 15 is 0 Å². The molecule has 2 aliphatic rings. The number of hydrogen-bond acceptors (Lipinski definition) is 4. The number of piperidine rings is 1. The maximum absolute atomic E-state index is 12.7. The van der Waals surface area contributed by atoms with E-state index in [2.05, 4.69) is 21.0 Å². The van der Waals surface area contributed by atoms with E-state index in [0.717, 1.165) is 50.3 Å². The van der Waals surface area contributed by atoms with Gasteiger partial charge in [-0.25, -0.2) is 0 Å². The highest BCUT2D eigenvalue weighted by molar-refractivity contribution is 5.94. The number of rotatable bonds is 3. The fourth-order valence-corrected chi connectivity index (χ4v) is 4.35. The zero-order chi connectivity index (χ0) is 17.3. The van der Waals surface area contributed by atoms with Crippen molar-refractivity contribution in [1.82, 2.24) is 24.6 Å². The van der Waals surface area contributed by atoms with Crippen LogP contribution in [-0.2, 0) is 13.6 Å². The van der Waals surface area contributed by atoms with E-state index in [1.165, 1.54) is 12.8 Å². The van der Waals surface area contributed by atoms with Gasteiger partial charge in [-0.05, 0) is 50.4 Å². The summed E-state index contributed by atoms with van der Waals surface area (Å²) >= 11 is 0. The lowest BCUT2D eigenvalue weighted by atomic mass is 9.84. The summed E-state index contributed by atoms with van der Waals surface area (Å²) < 4.78 is 1.87. The zero-order valence-electron chi connectivity index (χ0n) is 14.8. The third-order valence-electron chi connectivity index (χ3n) is 5.77. The van der Waals surface area contributed by atoms with Crippen LogP contribution in [0.15, 0.2) is 36.8 Å². The largest absolute Gasteiger partial charge is 0.339 e. The Balaban J connectivity index is 1.42. The maximum Gasteiger partial charge on any atom is 0.253 e. The Hall–Kier alpha value is -2.21. The van der Waals surface area contributed by atoms with E-state index in [1.54, 1.807) is 24.5 Å². The summed E-state index contributed by atoms with van der Waals surface area (Å²) in [6.45, 7) is 3.72. The molecule has 1 spiro atoms. The molecule has 6 nitrogen and oxygen atoms in total. The van der Waals surface area contributed by atoms with E-state index in [9.17, 15) is 4.79 Å². The normalized spacial score (nSPS) is 20.3. The van der Waals surface area contributed by atoms with Gasteiger partial charge in [0.15, 0.2) is 0 Å². The smallest absolute Gasteiger partial charge is 0.253 e. The molecule has 2 aromatic rings. The Labute approximate surface area is 148 Å². The molecule has 0 aliphatic carbocycles. The molecule has 25 heavy (non-hydrogen) atoms. The van der Waals surface area contributed by atoms with Gasteiger partial charge in [0.05, 0.1) is 5.69 Å². The van der Waals surface area contributed by atoms with Crippen LogP contribution >= 0.6 is 0 Å². The van der Waals surface area contributed by atoms with Crippen molar-refractivity contribution in [3.63, 3.8) is 0 Å². The average molecular weight is 339 g/mol. The summed E-state index contributed by atoms with van der Waals surface area (Å²) in [7, 11) is 1.96. The minimum Gasteiger partial charge on any atom is -0.339 e. The summed E-state index contributed by atoms with van der Waals surface area (Å²) in [6.07, 6.45) is 9.96. The number of aromatic nitrogens is 3. The summed E-state index contributed by atoms with van der Waals surface area (Å²) in [5, 5.41) is 4.54. The number of likely N-dealkylation sites (tertiary alicyclic amines) is 2. The molecule has 0 radical (unpaired) electrons. The van der Waals surface area contributed by atoms with Crippen LogP contribution in [0.1, 0.15) is 41.7 Å². The molecule has 1 amide bonds. The van der Waals surface area contributed by atoms with Gasteiger partial charge in [-0.1, -0.05) is 0 Å². The van der Waals surface area contributed by atoms with Gasteiger partial charge < -0.3 is 4.90 Å². The Morgan fingerprint density at radius 3 is 2.56 bits per heavy atom. The summed E-state index contributed by atoms with van der Waals surface area (Å²) in [5.74, 6) is 0.131. The summed E-state index contributed by atoms with van der Waals surface area (Å²) in [4.78, 5) is 21.2. The van der Waals surface area contributed by atoms with E-state index in [4.69, 9.17) is 0 Å². The molecule has 2 saturated heterocycles. The van der Waals surface area contributed by atoms with Gasteiger partial charge in [0.25, 0.3) is 5.91 Å². The number of carbonyl (C=O) groups excluding carboxylic acids is 1. The van der Waals surface area contributed by atoms with Gasteiger partial charge in [0.2, 0.25) is 0 Å². The van der Waals surface area contributed by atoms with Crippen molar-refractivity contribution in [2.75, 3.05) is 19.6 Å². The topological polar surface area (TPSA) is 54.3 Å².